The van der Waals surface area contributed by atoms with Crippen molar-refractivity contribution in [3.8, 4) is 28.4 Å². The van der Waals surface area contributed by atoms with Gasteiger partial charge in [-0.25, -0.2) is 0 Å². The molecule has 0 atom stereocenters. The van der Waals surface area contributed by atoms with Crippen molar-refractivity contribution in [1.29, 1.82) is 0 Å². The minimum Gasteiger partial charge on any atom is -0.496 e. The van der Waals surface area contributed by atoms with Crippen molar-refractivity contribution in [2.45, 2.75) is 62.3 Å². The van der Waals surface area contributed by atoms with E-state index in [-0.39, 0.29) is 5.48 Å². The molecule has 1 aromatic heterocycles. The zero-order chi connectivity index (χ0) is 32.7. The molecule has 4 aromatic carbocycles. The fraction of sp³-hybridized carbons (Fsp3) is 0.333. The molecule has 0 spiro atoms. The van der Waals surface area contributed by atoms with Gasteiger partial charge >= 0.3 is 16.8 Å². The van der Waals surface area contributed by atoms with Gasteiger partial charge in [-0.1, -0.05) is 18.2 Å². The topological polar surface area (TPSA) is 104 Å². The van der Waals surface area contributed by atoms with Crippen LogP contribution in [0.4, 0.5) is 0 Å². The minimum atomic E-state index is -1.92. The molecule has 0 aliphatic rings. The summed E-state index contributed by atoms with van der Waals surface area (Å²) in [6.07, 6.45) is 0. The summed E-state index contributed by atoms with van der Waals surface area (Å²) in [5.74, 6) is 2.04. The summed E-state index contributed by atoms with van der Waals surface area (Å²) in [6, 6.07) is 12.7. The van der Waals surface area contributed by atoms with Crippen molar-refractivity contribution < 1.29 is 36.7 Å². The monoisotopic (exact) mass is 666 g/mol. The third-order valence-electron chi connectivity index (χ3n) is 8.22. The zero-order valence-corrected chi connectivity index (χ0v) is 30.5. The Bertz CT molecular complexity index is 1910. The number of hydrogen-bond acceptors (Lipinski definition) is 7. The lowest BCUT2D eigenvalue weighted by Crippen LogP contribution is -2.03. The van der Waals surface area contributed by atoms with Crippen molar-refractivity contribution in [2.24, 2.45) is 0 Å². The first-order valence-electron chi connectivity index (χ1n) is 14.8. The van der Waals surface area contributed by atoms with Crippen molar-refractivity contribution in [3.05, 3.63) is 86.5 Å². The molecule has 0 aliphatic heterocycles. The van der Waals surface area contributed by atoms with E-state index in [2.05, 4.69) is 71.9 Å². The Balaban J connectivity index is 0.00000480. The molecule has 46 heavy (non-hydrogen) atoms. The average molecular weight is 667 g/mol. The van der Waals surface area contributed by atoms with Crippen LogP contribution >= 0.6 is 16.8 Å². The van der Waals surface area contributed by atoms with Crippen LogP contribution in [0.1, 0.15) is 50.1 Å². The second-order valence-electron chi connectivity index (χ2n) is 11.7. The largest absolute Gasteiger partial charge is 0.496 e. The lowest BCUT2D eigenvalue weighted by Gasteiger charge is -2.24. The summed E-state index contributed by atoms with van der Waals surface area (Å²) >= 11 is 0. The second-order valence-corrected chi connectivity index (χ2v) is 14.0. The van der Waals surface area contributed by atoms with E-state index < -0.39 is 16.8 Å². The fourth-order valence-electron chi connectivity index (χ4n) is 6.03. The van der Waals surface area contributed by atoms with Crippen LogP contribution in [0.25, 0.3) is 33.1 Å². The number of aryl methyl sites for hydroxylation is 7. The summed E-state index contributed by atoms with van der Waals surface area (Å²) in [4.78, 5) is 0. The van der Waals surface area contributed by atoms with E-state index in [9.17, 15) is 0 Å². The molecule has 2 N–H and O–H groups in total. The van der Waals surface area contributed by atoms with Gasteiger partial charge in [0, 0.05) is 41.7 Å². The molecular weight excluding hydrogens is 622 g/mol. The van der Waals surface area contributed by atoms with Gasteiger partial charge in [0.1, 0.15) is 28.4 Å². The highest BCUT2D eigenvalue weighted by molar-refractivity contribution is 7.42. The summed E-state index contributed by atoms with van der Waals surface area (Å²) in [6.45, 7) is 18.6. The Morgan fingerprint density at radius 2 is 1.07 bits per heavy atom. The van der Waals surface area contributed by atoms with Gasteiger partial charge in [-0.2, -0.15) is 0 Å². The van der Waals surface area contributed by atoms with Crippen molar-refractivity contribution >= 4 is 38.8 Å². The lowest BCUT2D eigenvalue weighted by molar-refractivity contribution is 0.276. The van der Waals surface area contributed by atoms with Crippen LogP contribution in [0.15, 0.2) is 44.8 Å². The third-order valence-corrected chi connectivity index (χ3v) is 10.1. The molecular formula is C36H44O8P2. The quantitative estimate of drug-likeness (QED) is 0.152. The SMILES string of the molecule is COc1cc(C)c(OP(OC)OC)c(-c2c(C)c(C)cc(C)c2Op2oc3c(C)cc(C)cc3c3cc(C)cc(C)c3o2)c1C.O. The van der Waals surface area contributed by atoms with E-state index in [0.29, 0.717) is 11.5 Å². The van der Waals surface area contributed by atoms with E-state index in [1.165, 1.54) is 0 Å². The summed E-state index contributed by atoms with van der Waals surface area (Å²) < 4.78 is 43.6. The molecule has 0 amide bonds. The highest BCUT2D eigenvalue weighted by Gasteiger charge is 2.28. The lowest BCUT2D eigenvalue weighted by atomic mass is 9.89. The first-order chi connectivity index (χ1) is 21.4. The van der Waals surface area contributed by atoms with Crippen molar-refractivity contribution in [2.75, 3.05) is 21.3 Å². The van der Waals surface area contributed by atoms with Gasteiger partial charge < -0.3 is 36.7 Å². The van der Waals surface area contributed by atoms with Gasteiger partial charge in [0.2, 0.25) is 0 Å². The molecule has 5 aromatic rings. The van der Waals surface area contributed by atoms with E-state index in [4.69, 9.17) is 31.2 Å². The summed E-state index contributed by atoms with van der Waals surface area (Å²) in [5, 5.41) is 2.00. The molecule has 8 nitrogen and oxygen atoms in total. The Hall–Kier alpha value is -3.51. The predicted octanol–water partition coefficient (Wildman–Crippen LogP) is 10.7. The first kappa shape index (κ1) is 35.3. The van der Waals surface area contributed by atoms with Crippen LogP contribution in [-0.4, -0.2) is 26.8 Å². The van der Waals surface area contributed by atoms with Crippen LogP contribution < -0.4 is 13.8 Å². The van der Waals surface area contributed by atoms with E-state index in [1.807, 2.05) is 26.8 Å². The maximum Gasteiger partial charge on any atom is 0.453 e. The van der Waals surface area contributed by atoms with E-state index in [1.54, 1.807) is 21.3 Å². The second kappa shape index (κ2) is 14.1. The fourth-order valence-corrected chi connectivity index (χ4v) is 7.99. The molecule has 0 aliphatic carbocycles. The van der Waals surface area contributed by atoms with Crippen LogP contribution in [0, 0.1) is 62.3 Å². The normalized spacial score (nSPS) is 11.2. The zero-order valence-electron chi connectivity index (χ0n) is 28.7. The highest BCUT2D eigenvalue weighted by Crippen LogP contribution is 2.53. The third kappa shape index (κ3) is 6.51. The number of methoxy groups -OCH3 is 1. The summed E-state index contributed by atoms with van der Waals surface area (Å²) in [7, 11) is 1.26. The average Bonchev–Trinajstić information content (AvgIpc) is 3.14. The predicted molar refractivity (Wildman–Crippen MR) is 189 cm³/mol. The Morgan fingerprint density at radius 1 is 0.565 bits per heavy atom. The smallest absolute Gasteiger partial charge is 0.453 e. The Kier molecular flexibility index (Phi) is 10.8. The molecule has 0 saturated carbocycles. The molecule has 5 rings (SSSR count). The van der Waals surface area contributed by atoms with Crippen molar-refractivity contribution in [3.63, 3.8) is 0 Å². The van der Waals surface area contributed by atoms with Crippen LogP contribution in [0.2, 0.25) is 0 Å². The van der Waals surface area contributed by atoms with Crippen LogP contribution in [0.3, 0.4) is 0 Å². The standard InChI is InChI=1S/C36H42O7P2.H2O/c1-19-13-22(4)33-28(15-19)29-16-20(2)14-23(5)34(29)41-45(40-33)43-35-24(6)17-21(3)26(8)31(35)32-27(9)30(37-10)18-25(7)36(32)42-44(38-11)39-12;/h13-18H,1-12H3;1H2. The molecule has 0 unspecified atom stereocenters. The molecule has 0 saturated heterocycles. The van der Waals surface area contributed by atoms with Crippen molar-refractivity contribution in [1.82, 2.24) is 0 Å². The summed E-state index contributed by atoms with van der Waals surface area (Å²) in [5.41, 5.74) is 12.5. The maximum absolute atomic E-state index is 6.92. The van der Waals surface area contributed by atoms with Gasteiger partial charge in [0.25, 0.3) is 0 Å². The first-order valence-corrected chi connectivity index (χ1v) is 17.0. The number of benzene rings is 4. The van der Waals surface area contributed by atoms with Gasteiger partial charge in [0.15, 0.2) is 0 Å². The number of fused-ring (bicyclic) bond motifs is 3. The van der Waals surface area contributed by atoms with Gasteiger partial charge in [0.05, 0.1) is 7.11 Å². The van der Waals surface area contributed by atoms with Crippen LogP contribution in [-0.2, 0) is 9.05 Å². The Labute approximate surface area is 273 Å². The minimum absolute atomic E-state index is 0. The number of hydrogen-bond donors (Lipinski definition) is 0. The molecule has 0 radical (unpaired) electrons. The maximum atomic E-state index is 6.92. The van der Waals surface area contributed by atoms with E-state index >= 15 is 0 Å². The molecule has 0 bridgehead atoms. The molecule has 1 heterocycles. The molecule has 0 fully saturated rings. The van der Waals surface area contributed by atoms with Gasteiger partial charge in [-0.3, -0.25) is 0 Å². The highest BCUT2D eigenvalue weighted by atomic mass is 31.2. The number of rotatable bonds is 8. The molecule has 10 heteroatoms. The van der Waals surface area contributed by atoms with E-state index in [0.717, 1.165) is 88.9 Å². The van der Waals surface area contributed by atoms with Crippen LogP contribution in [0.5, 0.6) is 17.2 Å². The van der Waals surface area contributed by atoms with Gasteiger partial charge in [-0.05, 0) is 125 Å². The molecule has 246 valence electrons. The van der Waals surface area contributed by atoms with Gasteiger partial charge in [-0.15, -0.1) is 0 Å². The Morgan fingerprint density at radius 3 is 1.57 bits per heavy atom. The number of ether oxygens (including phenoxy) is 1.